The molecule has 0 aliphatic heterocycles. The average molecular weight is 238 g/mol. The Bertz CT molecular complexity index is 467. The van der Waals surface area contributed by atoms with Gasteiger partial charge < -0.3 is 0 Å². The molecular weight excluding hydrogens is 234 g/mol. The number of thiophene rings is 1. The highest BCUT2D eigenvalue weighted by Crippen LogP contribution is 2.27. The molecule has 0 saturated heterocycles. The molecule has 0 unspecified atom stereocenters. The van der Waals surface area contributed by atoms with E-state index in [9.17, 15) is 0 Å². The van der Waals surface area contributed by atoms with E-state index in [2.05, 4.69) is 22.0 Å². The number of nitriles is 1. The highest BCUT2D eigenvalue weighted by atomic mass is 79.9. The standard InChI is InChI=1S/C9H4BrNS/c10-8-3-6-1-2-12-9(6)7(4-8)5-11/h1-4H. The SMILES string of the molecule is N#Cc1cc(Br)cc2ccsc12. The molecule has 1 aromatic heterocycles. The Hall–Kier alpha value is -0.850. The second-order valence-corrected chi connectivity index (χ2v) is 4.24. The molecule has 12 heavy (non-hydrogen) atoms. The highest BCUT2D eigenvalue weighted by Gasteiger charge is 2.02. The molecule has 0 fully saturated rings. The van der Waals surface area contributed by atoms with Gasteiger partial charge in [-0.2, -0.15) is 5.26 Å². The molecule has 2 rings (SSSR count). The Morgan fingerprint density at radius 1 is 1.42 bits per heavy atom. The van der Waals surface area contributed by atoms with Crippen LogP contribution in [-0.4, -0.2) is 0 Å². The van der Waals surface area contributed by atoms with Crippen LogP contribution in [0.4, 0.5) is 0 Å². The monoisotopic (exact) mass is 237 g/mol. The third kappa shape index (κ3) is 1.13. The summed E-state index contributed by atoms with van der Waals surface area (Å²) in [4.78, 5) is 0. The van der Waals surface area contributed by atoms with Crippen molar-refractivity contribution < 1.29 is 0 Å². The maximum absolute atomic E-state index is 8.81. The molecule has 2 aromatic rings. The molecule has 1 nitrogen and oxygen atoms in total. The van der Waals surface area contributed by atoms with Crippen molar-refractivity contribution in [1.29, 1.82) is 5.26 Å². The van der Waals surface area contributed by atoms with Crippen LogP contribution in [0.3, 0.4) is 0 Å². The van der Waals surface area contributed by atoms with Gasteiger partial charge in [-0.1, -0.05) is 15.9 Å². The summed E-state index contributed by atoms with van der Waals surface area (Å²) in [6.45, 7) is 0. The molecule has 3 heteroatoms. The molecule has 0 saturated carbocycles. The summed E-state index contributed by atoms with van der Waals surface area (Å²) in [5.74, 6) is 0. The first-order chi connectivity index (χ1) is 5.81. The molecule has 0 atom stereocenters. The van der Waals surface area contributed by atoms with Gasteiger partial charge in [-0.05, 0) is 29.0 Å². The van der Waals surface area contributed by atoms with E-state index < -0.39 is 0 Å². The minimum atomic E-state index is 0.745. The van der Waals surface area contributed by atoms with Gasteiger partial charge in [-0.15, -0.1) is 11.3 Å². The number of nitrogens with zero attached hydrogens (tertiary/aromatic N) is 1. The Balaban J connectivity index is 2.91. The van der Waals surface area contributed by atoms with Crippen molar-refractivity contribution in [3.63, 3.8) is 0 Å². The largest absolute Gasteiger partial charge is 0.192 e. The van der Waals surface area contributed by atoms with E-state index in [0.29, 0.717) is 0 Å². The summed E-state index contributed by atoms with van der Waals surface area (Å²) in [5, 5.41) is 11.9. The average Bonchev–Trinajstić information content (AvgIpc) is 2.50. The molecule has 0 aliphatic rings. The van der Waals surface area contributed by atoms with E-state index >= 15 is 0 Å². The summed E-state index contributed by atoms with van der Waals surface area (Å²) < 4.78 is 2.03. The lowest BCUT2D eigenvalue weighted by Crippen LogP contribution is -1.74. The molecule has 0 N–H and O–H groups in total. The Morgan fingerprint density at radius 2 is 2.25 bits per heavy atom. The fraction of sp³-hybridized carbons (Fsp3) is 0. The molecule has 0 bridgehead atoms. The van der Waals surface area contributed by atoms with Crippen molar-refractivity contribution >= 4 is 37.4 Å². The zero-order valence-electron chi connectivity index (χ0n) is 6.04. The van der Waals surface area contributed by atoms with E-state index in [0.717, 1.165) is 20.1 Å². The Morgan fingerprint density at radius 3 is 3.00 bits per heavy atom. The predicted molar refractivity (Wildman–Crippen MR) is 54.2 cm³/mol. The maximum Gasteiger partial charge on any atom is 0.101 e. The lowest BCUT2D eigenvalue weighted by molar-refractivity contribution is 1.50. The first kappa shape index (κ1) is 7.78. The van der Waals surface area contributed by atoms with Gasteiger partial charge in [-0.25, -0.2) is 0 Å². The van der Waals surface area contributed by atoms with Crippen molar-refractivity contribution in [2.45, 2.75) is 0 Å². The van der Waals surface area contributed by atoms with Gasteiger partial charge in [0, 0.05) is 4.47 Å². The van der Waals surface area contributed by atoms with E-state index in [4.69, 9.17) is 5.26 Å². The van der Waals surface area contributed by atoms with Crippen molar-refractivity contribution in [3.8, 4) is 6.07 Å². The Labute approximate surface area is 82.4 Å². The first-order valence-electron chi connectivity index (χ1n) is 3.38. The van der Waals surface area contributed by atoms with Crippen molar-refractivity contribution in [2.75, 3.05) is 0 Å². The Kier molecular flexibility index (Phi) is 1.87. The van der Waals surface area contributed by atoms with Gasteiger partial charge in [0.15, 0.2) is 0 Å². The minimum absolute atomic E-state index is 0.745. The summed E-state index contributed by atoms with van der Waals surface area (Å²) in [6.07, 6.45) is 0. The van der Waals surface area contributed by atoms with Crippen LogP contribution in [0.15, 0.2) is 28.1 Å². The number of halogens is 1. The molecule has 0 amide bonds. The highest BCUT2D eigenvalue weighted by molar-refractivity contribution is 9.10. The number of benzene rings is 1. The van der Waals surface area contributed by atoms with Crippen LogP contribution < -0.4 is 0 Å². The van der Waals surface area contributed by atoms with Gasteiger partial charge in [0.1, 0.15) is 6.07 Å². The van der Waals surface area contributed by atoms with Crippen LogP contribution in [-0.2, 0) is 0 Å². The predicted octanol–water partition coefficient (Wildman–Crippen LogP) is 3.54. The summed E-state index contributed by atoms with van der Waals surface area (Å²) in [5.41, 5.74) is 0.745. The van der Waals surface area contributed by atoms with Gasteiger partial charge >= 0.3 is 0 Å². The summed E-state index contributed by atoms with van der Waals surface area (Å²) >= 11 is 4.97. The zero-order chi connectivity index (χ0) is 8.55. The zero-order valence-corrected chi connectivity index (χ0v) is 8.45. The molecular formula is C9H4BrNS. The van der Waals surface area contributed by atoms with Crippen LogP contribution >= 0.6 is 27.3 Å². The smallest absolute Gasteiger partial charge is 0.101 e. The van der Waals surface area contributed by atoms with Gasteiger partial charge in [0.05, 0.1) is 10.3 Å². The normalized spacial score (nSPS) is 10.0. The van der Waals surface area contributed by atoms with E-state index in [-0.39, 0.29) is 0 Å². The molecule has 0 radical (unpaired) electrons. The topological polar surface area (TPSA) is 23.8 Å². The fourth-order valence-corrected chi connectivity index (χ4v) is 2.45. The van der Waals surface area contributed by atoms with Crippen molar-refractivity contribution in [3.05, 3.63) is 33.6 Å². The lowest BCUT2D eigenvalue weighted by Gasteiger charge is -1.93. The second-order valence-electron chi connectivity index (χ2n) is 2.40. The van der Waals surface area contributed by atoms with Crippen molar-refractivity contribution in [1.82, 2.24) is 0 Å². The summed E-state index contributed by atoms with van der Waals surface area (Å²) in [7, 11) is 0. The summed E-state index contributed by atoms with van der Waals surface area (Å²) in [6, 6.07) is 8.06. The van der Waals surface area contributed by atoms with Gasteiger partial charge in [-0.3, -0.25) is 0 Å². The third-order valence-corrected chi connectivity index (χ3v) is 3.06. The van der Waals surface area contributed by atoms with Gasteiger partial charge in [0.25, 0.3) is 0 Å². The number of rotatable bonds is 0. The minimum Gasteiger partial charge on any atom is -0.192 e. The van der Waals surface area contributed by atoms with Crippen molar-refractivity contribution in [2.24, 2.45) is 0 Å². The molecule has 0 spiro atoms. The van der Waals surface area contributed by atoms with Gasteiger partial charge in [0.2, 0.25) is 0 Å². The van der Waals surface area contributed by atoms with Crippen LogP contribution in [0, 0.1) is 11.3 Å². The fourth-order valence-electron chi connectivity index (χ4n) is 1.13. The quantitative estimate of drug-likeness (QED) is 0.688. The number of fused-ring (bicyclic) bond motifs is 1. The van der Waals surface area contributed by atoms with E-state index in [1.165, 1.54) is 0 Å². The molecule has 0 aliphatic carbocycles. The first-order valence-corrected chi connectivity index (χ1v) is 5.05. The van der Waals surface area contributed by atoms with Crippen LogP contribution in [0.2, 0.25) is 0 Å². The van der Waals surface area contributed by atoms with E-state index in [1.54, 1.807) is 11.3 Å². The number of hydrogen-bond donors (Lipinski definition) is 0. The number of hydrogen-bond acceptors (Lipinski definition) is 2. The third-order valence-electron chi connectivity index (χ3n) is 1.64. The lowest BCUT2D eigenvalue weighted by atomic mass is 10.2. The van der Waals surface area contributed by atoms with Crippen LogP contribution in [0.5, 0.6) is 0 Å². The maximum atomic E-state index is 8.81. The molecule has 1 heterocycles. The van der Waals surface area contributed by atoms with Crippen LogP contribution in [0.25, 0.3) is 10.1 Å². The molecule has 1 aromatic carbocycles. The van der Waals surface area contributed by atoms with E-state index in [1.807, 2.05) is 23.6 Å². The second kappa shape index (κ2) is 2.89. The van der Waals surface area contributed by atoms with Crippen LogP contribution in [0.1, 0.15) is 5.56 Å². The molecule has 58 valence electrons.